The summed E-state index contributed by atoms with van der Waals surface area (Å²) in [6.07, 6.45) is 15.1. The maximum atomic E-state index is 12.5. The Morgan fingerprint density at radius 2 is 2.16 bits per heavy atom. The standard InChI is InChI=1S/C31H35F3N6O2S/c1-20-38-40-19-28(37-30(40)43-20)24-14-22-10-11-26(42-3)15-23(27(22)16-24)9-8-21-6-5-13-39(18-21)25(17-35-2)7-4-12-36-29(41)31(32,33)34/h4,7,11-12,15-17,19,21H,5-6,8-10,13-14,18H2,1-3H3,(H,36,41)/b12-4+,25-7+,35-17?. The van der Waals surface area contributed by atoms with Gasteiger partial charge >= 0.3 is 12.1 Å². The Bertz CT molecular complexity index is 1560. The van der Waals surface area contributed by atoms with Crippen LogP contribution in [-0.2, 0) is 9.53 Å². The number of amides is 1. The van der Waals surface area contributed by atoms with Crippen LogP contribution in [0.25, 0.3) is 10.5 Å². The number of aliphatic imine (C=N–C) groups is 1. The summed E-state index contributed by atoms with van der Waals surface area (Å²) in [6, 6.07) is 0. The van der Waals surface area contributed by atoms with Gasteiger partial charge in [0.1, 0.15) is 10.8 Å². The fourth-order valence-corrected chi connectivity index (χ4v) is 6.49. The molecule has 3 heterocycles. The van der Waals surface area contributed by atoms with Crippen LogP contribution in [0.5, 0.6) is 0 Å². The van der Waals surface area contributed by atoms with Crippen LogP contribution in [0.4, 0.5) is 13.2 Å². The predicted octanol–water partition coefficient (Wildman–Crippen LogP) is 6.31. The van der Waals surface area contributed by atoms with E-state index in [2.05, 4.69) is 33.2 Å². The zero-order chi connectivity index (χ0) is 30.6. The number of carbonyl (C=O) groups is 1. The maximum absolute atomic E-state index is 12.5. The maximum Gasteiger partial charge on any atom is 0.471 e. The summed E-state index contributed by atoms with van der Waals surface area (Å²) in [4.78, 5) is 23.1. The second-order valence-electron chi connectivity index (χ2n) is 10.8. The average Bonchev–Trinajstić information content (AvgIpc) is 3.64. The Labute approximate surface area is 252 Å². The van der Waals surface area contributed by atoms with Gasteiger partial charge in [0.05, 0.1) is 24.7 Å². The van der Waals surface area contributed by atoms with Crippen molar-refractivity contribution in [1.82, 2.24) is 24.8 Å². The zero-order valence-electron chi connectivity index (χ0n) is 24.4. The van der Waals surface area contributed by atoms with E-state index in [1.807, 2.05) is 17.6 Å². The minimum absolute atomic E-state index is 0.429. The largest absolute Gasteiger partial charge is 0.497 e. The third kappa shape index (κ3) is 7.35. The van der Waals surface area contributed by atoms with Crippen molar-refractivity contribution < 1.29 is 22.7 Å². The molecule has 0 aromatic carbocycles. The number of hydrogen-bond donors (Lipinski definition) is 1. The Kier molecular flexibility index (Phi) is 9.34. The Morgan fingerprint density at radius 1 is 1.33 bits per heavy atom. The van der Waals surface area contributed by atoms with Gasteiger partial charge in [-0.25, -0.2) is 9.50 Å². The molecule has 12 heteroatoms. The third-order valence-electron chi connectivity index (χ3n) is 7.83. The SMILES string of the molecule is CN=C/C(=C\C=C\NC(=O)C(F)(F)F)N1CCCC(CCC2=CC(OC)=CCC3=C2C=C(c2cn4nc(C)sc4n2)C3)C1. The molecule has 1 N–H and O–H groups in total. The van der Waals surface area contributed by atoms with Crippen molar-refractivity contribution in [2.45, 2.75) is 51.6 Å². The number of aromatic nitrogens is 3. The van der Waals surface area contributed by atoms with E-state index in [1.165, 1.54) is 28.4 Å². The van der Waals surface area contributed by atoms with E-state index in [1.54, 1.807) is 43.1 Å². The van der Waals surface area contributed by atoms with Crippen LogP contribution in [0, 0.1) is 12.8 Å². The highest BCUT2D eigenvalue weighted by Gasteiger charge is 2.37. The van der Waals surface area contributed by atoms with Gasteiger partial charge in [-0.1, -0.05) is 16.9 Å². The minimum Gasteiger partial charge on any atom is -0.497 e. The van der Waals surface area contributed by atoms with Crippen molar-refractivity contribution in [3.05, 3.63) is 81.7 Å². The number of carbonyl (C=O) groups excluding carboxylic acids is 1. The molecule has 2 aromatic rings. The van der Waals surface area contributed by atoms with Crippen LogP contribution in [0.15, 0.2) is 75.9 Å². The van der Waals surface area contributed by atoms with Gasteiger partial charge in [0.2, 0.25) is 4.96 Å². The number of imidazole rings is 1. The normalized spacial score (nSPS) is 20.0. The molecule has 2 aromatic heterocycles. The first-order chi connectivity index (χ1) is 20.6. The van der Waals surface area contributed by atoms with E-state index in [0.717, 1.165) is 84.9 Å². The van der Waals surface area contributed by atoms with Gasteiger partial charge in [0.25, 0.3) is 0 Å². The summed E-state index contributed by atoms with van der Waals surface area (Å²) >= 11 is 1.59. The molecule has 0 bridgehead atoms. The fraction of sp³-hybridized carbons (Fsp3) is 0.419. The van der Waals surface area contributed by atoms with Gasteiger partial charge in [-0.3, -0.25) is 9.79 Å². The van der Waals surface area contributed by atoms with E-state index in [9.17, 15) is 18.0 Å². The highest BCUT2D eigenvalue weighted by atomic mass is 32.1. The van der Waals surface area contributed by atoms with Gasteiger partial charge in [0, 0.05) is 32.6 Å². The van der Waals surface area contributed by atoms with E-state index in [-0.39, 0.29) is 0 Å². The smallest absolute Gasteiger partial charge is 0.471 e. The lowest BCUT2D eigenvalue weighted by atomic mass is 9.89. The molecular formula is C31H35F3N6O2S. The summed E-state index contributed by atoms with van der Waals surface area (Å²) in [5.41, 5.74) is 6.87. The van der Waals surface area contributed by atoms with Crippen LogP contribution in [-0.4, -0.2) is 65.0 Å². The number of hydrogen-bond acceptors (Lipinski definition) is 7. The number of rotatable bonds is 9. The zero-order valence-corrected chi connectivity index (χ0v) is 25.3. The van der Waals surface area contributed by atoms with Crippen molar-refractivity contribution >= 4 is 34.0 Å². The van der Waals surface area contributed by atoms with Crippen LogP contribution >= 0.6 is 11.3 Å². The third-order valence-corrected chi connectivity index (χ3v) is 8.66. The van der Waals surface area contributed by atoms with Gasteiger partial charge in [-0.2, -0.15) is 18.3 Å². The molecule has 1 amide bonds. The molecule has 5 rings (SSSR count). The molecule has 3 aliphatic rings. The minimum atomic E-state index is -4.92. The number of ether oxygens (including phenoxy) is 1. The quantitative estimate of drug-likeness (QED) is 0.265. The van der Waals surface area contributed by atoms with Crippen LogP contribution < -0.4 is 5.32 Å². The highest BCUT2D eigenvalue weighted by Crippen LogP contribution is 2.41. The lowest BCUT2D eigenvalue weighted by molar-refractivity contribution is -0.172. The first kappa shape index (κ1) is 30.5. The van der Waals surface area contributed by atoms with Crippen molar-refractivity contribution in [2.24, 2.45) is 10.9 Å². The molecule has 1 saturated heterocycles. The average molecular weight is 613 g/mol. The number of methoxy groups -OCH3 is 1. The lowest BCUT2D eigenvalue weighted by Crippen LogP contribution is -2.35. The summed E-state index contributed by atoms with van der Waals surface area (Å²) in [6.45, 7) is 3.62. The summed E-state index contributed by atoms with van der Waals surface area (Å²) in [5.74, 6) is -0.696. The van der Waals surface area contributed by atoms with Gasteiger partial charge in [0.15, 0.2) is 0 Å². The Balaban J connectivity index is 1.26. The lowest BCUT2D eigenvalue weighted by Gasteiger charge is -2.35. The second kappa shape index (κ2) is 13.2. The molecule has 0 saturated carbocycles. The number of halogens is 3. The Hall–Kier alpha value is -3.93. The van der Waals surface area contributed by atoms with Gasteiger partial charge in [-0.15, -0.1) is 0 Å². The Morgan fingerprint density at radius 3 is 2.91 bits per heavy atom. The number of alkyl halides is 3. The first-order valence-electron chi connectivity index (χ1n) is 14.3. The molecule has 0 spiro atoms. The number of aryl methyl sites for hydroxylation is 1. The molecule has 1 aliphatic heterocycles. The van der Waals surface area contributed by atoms with E-state index in [4.69, 9.17) is 9.72 Å². The number of allylic oxidation sites excluding steroid dienone is 10. The monoisotopic (exact) mass is 612 g/mol. The molecule has 0 radical (unpaired) electrons. The predicted molar refractivity (Wildman–Crippen MR) is 162 cm³/mol. The van der Waals surface area contributed by atoms with Gasteiger partial charge < -0.3 is 15.0 Å². The topological polar surface area (TPSA) is 84.1 Å². The summed E-state index contributed by atoms with van der Waals surface area (Å²) in [7, 11) is 3.36. The molecule has 1 fully saturated rings. The number of nitrogens with zero attached hydrogens (tertiary/aromatic N) is 5. The number of piperidine rings is 1. The number of fused-ring (bicyclic) bond motifs is 1. The molecular weight excluding hydrogens is 577 g/mol. The van der Waals surface area contributed by atoms with Crippen LogP contribution in [0.2, 0.25) is 0 Å². The van der Waals surface area contributed by atoms with E-state index < -0.39 is 12.1 Å². The molecule has 8 nitrogen and oxygen atoms in total. The fourth-order valence-electron chi connectivity index (χ4n) is 5.76. The van der Waals surface area contributed by atoms with Gasteiger partial charge in [-0.05, 0) is 98.5 Å². The first-order valence-corrected chi connectivity index (χ1v) is 15.1. The number of nitrogens with one attached hydrogen (secondary N) is 1. The van der Waals surface area contributed by atoms with Crippen LogP contribution in [0.3, 0.4) is 0 Å². The summed E-state index contributed by atoms with van der Waals surface area (Å²) in [5, 5.41) is 7.25. The molecule has 228 valence electrons. The summed E-state index contributed by atoms with van der Waals surface area (Å²) < 4.78 is 44.9. The van der Waals surface area contributed by atoms with E-state index >= 15 is 0 Å². The van der Waals surface area contributed by atoms with Crippen molar-refractivity contribution in [3.8, 4) is 0 Å². The van der Waals surface area contributed by atoms with E-state index in [0.29, 0.717) is 5.92 Å². The van der Waals surface area contributed by atoms with Crippen LogP contribution in [0.1, 0.15) is 49.2 Å². The molecule has 1 unspecified atom stereocenters. The van der Waals surface area contributed by atoms with Crippen molar-refractivity contribution in [3.63, 3.8) is 0 Å². The highest BCUT2D eigenvalue weighted by molar-refractivity contribution is 7.16. The molecule has 2 aliphatic carbocycles. The molecule has 1 atom stereocenters. The molecule has 43 heavy (non-hydrogen) atoms. The number of likely N-dealkylation sites (tertiary alicyclic amines) is 1. The van der Waals surface area contributed by atoms with Crippen molar-refractivity contribution in [2.75, 3.05) is 27.2 Å². The van der Waals surface area contributed by atoms with Crippen molar-refractivity contribution in [1.29, 1.82) is 0 Å². The second-order valence-corrected chi connectivity index (χ2v) is 12.0.